The van der Waals surface area contributed by atoms with Gasteiger partial charge in [0.15, 0.2) is 0 Å². The Kier molecular flexibility index (Phi) is 2.68. The zero-order chi connectivity index (χ0) is 9.90. The highest BCUT2D eigenvalue weighted by atomic mass is 16.4. The Morgan fingerprint density at radius 2 is 2.00 bits per heavy atom. The van der Waals surface area contributed by atoms with Gasteiger partial charge in [0, 0.05) is 0 Å². The molecule has 1 rings (SSSR count). The molecule has 0 amide bonds. The van der Waals surface area contributed by atoms with E-state index >= 15 is 0 Å². The molecule has 3 nitrogen and oxygen atoms in total. The van der Waals surface area contributed by atoms with Crippen LogP contribution in [0.5, 0.6) is 0 Å². The second-order valence-corrected chi connectivity index (χ2v) is 2.87. The summed E-state index contributed by atoms with van der Waals surface area (Å²) in [6, 6.07) is 8.26. The Hall–Kier alpha value is -1.35. The molecule has 0 fully saturated rings. The topological polar surface area (TPSA) is 60.4 Å². The fraction of sp³-hybridized carbons (Fsp3) is 0.300. The van der Waals surface area contributed by atoms with Gasteiger partial charge in [-0.2, -0.15) is 0 Å². The molecule has 0 aliphatic carbocycles. The van der Waals surface area contributed by atoms with Crippen molar-refractivity contribution in [2.45, 2.75) is 18.9 Å². The van der Waals surface area contributed by atoms with E-state index in [0.29, 0.717) is 5.56 Å². The second-order valence-electron chi connectivity index (χ2n) is 2.87. The molecular formula is C10H11O3-. The standard InChI is InChI=1S/C10H12O3/c1-2-10(13,9(11)12)8-6-4-3-5-7-8/h3-7,13H,2H2,1H3,(H,11,12)/p-1/t10-/m0/s1. The molecule has 0 saturated carbocycles. The number of carboxylic acids is 1. The first-order valence-corrected chi connectivity index (χ1v) is 4.10. The van der Waals surface area contributed by atoms with Gasteiger partial charge in [-0.25, -0.2) is 0 Å². The third-order valence-electron chi connectivity index (χ3n) is 2.10. The molecule has 70 valence electrons. The molecule has 1 aromatic carbocycles. The lowest BCUT2D eigenvalue weighted by Crippen LogP contribution is -2.45. The average Bonchev–Trinajstić information content (AvgIpc) is 2.17. The predicted octanol–water partition coefficient (Wildman–Crippen LogP) is 0.0341. The summed E-state index contributed by atoms with van der Waals surface area (Å²) in [5, 5.41) is 20.4. The molecule has 0 radical (unpaired) electrons. The maximum atomic E-state index is 10.7. The molecule has 0 unspecified atom stereocenters. The van der Waals surface area contributed by atoms with Crippen molar-refractivity contribution >= 4 is 5.97 Å². The van der Waals surface area contributed by atoms with Crippen molar-refractivity contribution in [3.63, 3.8) is 0 Å². The third-order valence-corrected chi connectivity index (χ3v) is 2.10. The minimum atomic E-state index is -1.86. The number of benzene rings is 1. The normalized spacial score (nSPS) is 14.9. The lowest BCUT2D eigenvalue weighted by Gasteiger charge is -2.28. The molecule has 13 heavy (non-hydrogen) atoms. The molecule has 0 heterocycles. The van der Waals surface area contributed by atoms with Crippen molar-refractivity contribution in [3.05, 3.63) is 35.9 Å². The highest BCUT2D eigenvalue weighted by Gasteiger charge is 2.28. The fourth-order valence-corrected chi connectivity index (χ4v) is 1.18. The van der Waals surface area contributed by atoms with Crippen molar-refractivity contribution in [2.24, 2.45) is 0 Å². The number of carbonyl (C=O) groups excluding carboxylic acids is 1. The van der Waals surface area contributed by atoms with Gasteiger partial charge in [0.25, 0.3) is 0 Å². The maximum absolute atomic E-state index is 10.7. The highest BCUT2D eigenvalue weighted by molar-refractivity contribution is 5.76. The van der Waals surface area contributed by atoms with Crippen LogP contribution in [0, 0.1) is 0 Å². The van der Waals surface area contributed by atoms with Gasteiger partial charge in [-0.05, 0) is 12.0 Å². The highest BCUT2D eigenvalue weighted by Crippen LogP contribution is 2.23. The SMILES string of the molecule is CC[C@@](O)(C(=O)[O-])c1ccccc1. The number of hydrogen-bond acceptors (Lipinski definition) is 3. The number of aliphatic carboxylic acids is 1. The zero-order valence-corrected chi connectivity index (χ0v) is 7.36. The van der Waals surface area contributed by atoms with Crippen LogP contribution in [0.15, 0.2) is 30.3 Å². The number of carbonyl (C=O) groups is 1. The summed E-state index contributed by atoms with van der Waals surface area (Å²) in [4.78, 5) is 10.7. The van der Waals surface area contributed by atoms with E-state index in [9.17, 15) is 15.0 Å². The number of hydrogen-bond donors (Lipinski definition) is 1. The van der Waals surface area contributed by atoms with E-state index in [4.69, 9.17) is 0 Å². The smallest absolute Gasteiger partial charge is 0.129 e. The first-order valence-electron chi connectivity index (χ1n) is 4.10. The van der Waals surface area contributed by atoms with Gasteiger partial charge in [-0.3, -0.25) is 0 Å². The van der Waals surface area contributed by atoms with Crippen molar-refractivity contribution in [1.29, 1.82) is 0 Å². The van der Waals surface area contributed by atoms with E-state index in [2.05, 4.69) is 0 Å². The first kappa shape index (κ1) is 9.74. The van der Waals surface area contributed by atoms with Gasteiger partial charge in [-0.15, -0.1) is 0 Å². The van der Waals surface area contributed by atoms with Crippen LogP contribution in [0.2, 0.25) is 0 Å². The van der Waals surface area contributed by atoms with Crippen molar-refractivity contribution in [3.8, 4) is 0 Å². The minimum absolute atomic E-state index is 0.0966. The van der Waals surface area contributed by atoms with E-state index in [1.54, 1.807) is 37.3 Å². The lowest BCUT2D eigenvalue weighted by molar-refractivity contribution is -0.326. The van der Waals surface area contributed by atoms with Crippen LogP contribution in [0.4, 0.5) is 0 Å². The van der Waals surface area contributed by atoms with E-state index in [0.717, 1.165) is 0 Å². The molecule has 0 aliphatic rings. The van der Waals surface area contributed by atoms with Crippen molar-refractivity contribution < 1.29 is 15.0 Å². The fourth-order valence-electron chi connectivity index (χ4n) is 1.18. The second kappa shape index (κ2) is 3.58. The molecule has 1 N–H and O–H groups in total. The van der Waals surface area contributed by atoms with Crippen LogP contribution in [0.1, 0.15) is 18.9 Å². The molecule has 1 atom stereocenters. The monoisotopic (exact) mass is 179 g/mol. The largest absolute Gasteiger partial charge is 0.547 e. The van der Waals surface area contributed by atoms with Crippen LogP contribution in [0.25, 0.3) is 0 Å². The van der Waals surface area contributed by atoms with Gasteiger partial charge in [-0.1, -0.05) is 37.3 Å². The molecule has 0 spiro atoms. The number of rotatable bonds is 3. The van der Waals surface area contributed by atoms with E-state index in [1.807, 2.05) is 0 Å². The Balaban J connectivity index is 3.11. The molecule has 0 bridgehead atoms. The van der Waals surface area contributed by atoms with Gasteiger partial charge in [0.2, 0.25) is 0 Å². The van der Waals surface area contributed by atoms with Gasteiger partial charge >= 0.3 is 0 Å². The number of carboxylic acid groups (broad SMARTS) is 1. The Morgan fingerprint density at radius 1 is 1.46 bits per heavy atom. The average molecular weight is 179 g/mol. The molecule has 1 aromatic rings. The van der Waals surface area contributed by atoms with Crippen LogP contribution >= 0.6 is 0 Å². The summed E-state index contributed by atoms with van der Waals surface area (Å²) in [7, 11) is 0. The first-order chi connectivity index (χ1) is 6.11. The van der Waals surface area contributed by atoms with Crippen LogP contribution in [-0.4, -0.2) is 11.1 Å². The van der Waals surface area contributed by atoms with Crippen LogP contribution < -0.4 is 5.11 Å². The van der Waals surface area contributed by atoms with Crippen molar-refractivity contribution in [1.82, 2.24) is 0 Å². The summed E-state index contributed by atoms with van der Waals surface area (Å²) in [5.41, 5.74) is -1.50. The summed E-state index contributed by atoms with van der Waals surface area (Å²) < 4.78 is 0. The van der Waals surface area contributed by atoms with Crippen LogP contribution in [-0.2, 0) is 10.4 Å². The summed E-state index contributed by atoms with van der Waals surface area (Å²) >= 11 is 0. The van der Waals surface area contributed by atoms with Crippen molar-refractivity contribution in [2.75, 3.05) is 0 Å². The number of aliphatic hydroxyl groups is 1. The maximum Gasteiger partial charge on any atom is 0.129 e. The van der Waals surface area contributed by atoms with Gasteiger partial charge < -0.3 is 15.0 Å². The third kappa shape index (κ3) is 1.70. The Labute approximate surface area is 76.6 Å². The lowest BCUT2D eigenvalue weighted by atomic mass is 9.91. The van der Waals surface area contributed by atoms with E-state index in [1.165, 1.54) is 0 Å². The van der Waals surface area contributed by atoms with E-state index in [-0.39, 0.29) is 6.42 Å². The zero-order valence-electron chi connectivity index (χ0n) is 7.36. The molecular weight excluding hydrogens is 168 g/mol. The molecule has 0 aliphatic heterocycles. The quantitative estimate of drug-likeness (QED) is 0.712. The van der Waals surface area contributed by atoms with Crippen LogP contribution in [0.3, 0.4) is 0 Å². The Bertz CT molecular complexity index is 294. The van der Waals surface area contributed by atoms with Gasteiger partial charge in [0.1, 0.15) is 5.60 Å². The summed E-state index contributed by atoms with van der Waals surface area (Å²) in [6.45, 7) is 1.60. The predicted molar refractivity (Wildman–Crippen MR) is 45.6 cm³/mol. The minimum Gasteiger partial charge on any atom is -0.547 e. The Morgan fingerprint density at radius 3 is 2.38 bits per heavy atom. The molecule has 0 saturated heterocycles. The summed E-state index contributed by atoms with van der Waals surface area (Å²) in [6.07, 6.45) is 0.0966. The summed E-state index contributed by atoms with van der Waals surface area (Å²) in [5.74, 6) is -1.46. The van der Waals surface area contributed by atoms with Gasteiger partial charge in [0.05, 0.1) is 5.97 Å². The van der Waals surface area contributed by atoms with E-state index < -0.39 is 11.6 Å². The molecule has 3 heteroatoms. The molecule has 0 aromatic heterocycles.